The monoisotopic (exact) mass is 192 g/mol. The fourth-order valence-electron chi connectivity index (χ4n) is 1.16. The summed E-state index contributed by atoms with van der Waals surface area (Å²) in [6, 6.07) is 1.71. The summed E-state index contributed by atoms with van der Waals surface area (Å²) in [6.45, 7) is 0. The van der Waals surface area contributed by atoms with Gasteiger partial charge in [0.1, 0.15) is 11.4 Å². The summed E-state index contributed by atoms with van der Waals surface area (Å²) in [5, 5.41) is 15.5. The lowest BCUT2D eigenvalue weighted by molar-refractivity contribution is 0.0699. The van der Waals surface area contributed by atoms with Crippen molar-refractivity contribution in [3.8, 4) is 0 Å². The Hall–Kier alpha value is -2.11. The number of aromatic carboxylic acids is 1. The van der Waals surface area contributed by atoms with Gasteiger partial charge in [-0.25, -0.2) is 14.3 Å². The molecule has 0 atom stereocenters. The van der Waals surface area contributed by atoms with Gasteiger partial charge in [0, 0.05) is 13.2 Å². The van der Waals surface area contributed by atoms with Gasteiger partial charge in [-0.15, -0.1) is 0 Å². The lowest BCUT2D eigenvalue weighted by Crippen LogP contribution is -2.00. The number of aromatic nitrogens is 3. The van der Waals surface area contributed by atoms with Crippen molar-refractivity contribution in [1.29, 1.82) is 0 Å². The molecule has 2 rings (SSSR count). The summed E-state index contributed by atoms with van der Waals surface area (Å²) in [7, 11) is 1.72. The second-order valence-electron chi connectivity index (χ2n) is 2.69. The van der Waals surface area contributed by atoms with E-state index in [1.165, 1.54) is 10.7 Å². The first-order chi connectivity index (χ1) is 6.72. The molecule has 6 nitrogen and oxygen atoms in total. The number of nitrogens with zero attached hydrogens (tertiary/aromatic N) is 3. The first-order valence-electron chi connectivity index (χ1n) is 3.98. The van der Waals surface area contributed by atoms with Gasteiger partial charge >= 0.3 is 5.97 Å². The van der Waals surface area contributed by atoms with E-state index in [0.29, 0.717) is 11.5 Å². The molecule has 0 bridgehead atoms. The smallest absolute Gasteiger partial charge is 0.341 e. The van der Waals surface area contributed by atoms with Crippen LogP contribution >= 0.6 is 0 Å². The molecule has 0 aromatic carbocycles. The summed E-state index contributed by atoms with van der Waals surface area (Å²) in [5.74, 6) is -0.416. The Morgan fingerprint density at radius 1 is 1.64 bits per heavy atom. The van der Waals surface area contributed by atoms with Crippen LogP contribution in [0.3, 0.4) is 0 Å². The predicted molar refractivity (Wildman–Crippen MR) is 49.5 cm³/mol. The topological polar surface area (TPSA) is 79.5 Å². The Balaban J connectivity index is 2.69. The van der Waals surface area contributed by atoms with Crippen molar-refractivity contribution in [3.05, 3.63) is 24.0 Å². The molecule has 2 heterocycles. The van der Waals surface area contributed by atoms with Crippen LogP contribution in [0.2, 0.25) is 0 Å². The van der Waals surface area contributed by atoms with Crippen molar-refractivity contribution in [2.45, 2.75) is 0 Å². The molecule has 2 aromatic heterocycles. The van der Waals surface area contributed by atoms with E-state index in [1.807, 2.05) is 0 Å². The predicted octanol–water partition coefficient (Wildman–Crippen LogP) is 0.469. The van der Waals surface area contributed by atoms with Gasteiger partial charge < -0.3 is 10.4 Å². The van der Waals surface area contributed by atoms with Crippen molar-refractivity contribution in [3.63, 3.8) is 0 Å². The number of rotatable bonds is 2. The van der Waals surface area contributed by atoms with Crippen LogP contribution in [0.1, 0.15) is 10.4 Å². The average Bonchev–Trinajstić information content (AvgIpc) is 2.59. The van der Waals surface area contributed by atoms with Gasteiger partial charge in [-0.3, -0.25) is 0 Å². The van der Waals surface area contributed by atoms with Gasteiger partial charge in [0.2, 0.25) is 0 Å². The lowest BCUT2D eigenvalue weighted by Gasteiger charge is -1.99. The highest BCUT2D eigenvalue weighted by Crippen LogP contribution is 2.10. The fraction of sp³-hybridized carbons (Fsp3) is 0.125. The van der Waals surface area contributed by atoms with Gasteiger partial charge in [0.25, 0.3) is 0 Å². The largest absolute Gasteiger partial charge is 0.477 e. The number of hydrogen-bond donors (Lipinski definition) is 2. The maximum absolute atomic E-state index is 10.8. The Morgan fingerprint density at radius 2 is 2.43 bits per heavy atom. The standard InChI is InChI=1S/C8H8N4O2/c1-9-6-2-3-12-7(11-6)5(4-10-12)8(13)14/h2-4H,1H3,(H,9,11)(H,13,14). The number of anilines is 1. The molecule has 0 aliphatic carbocycles. The van der Waals surface area contributed by atoms with Gasteiger partial charge in [0.15, 0.2) is 5.65 Å². The molecular formula is C8H8N4O2. The minimum Gasteiger partial charge on any atom is -0.477 e. The maximum atomic E-state index is 10.8. The van der Waals surface area contributed by atoms with Crippen LogP contribution in [0.4, 0.5) is 5.82 Å². The number of carboxylic acid groups (broad SMARTS) is 1. The molecule has 0 aliphatic heterocycles. The third-order valence-corrected chi connectivity index (χ3v) is 1.86. The maximum Gasteiger partial charge on any atom is 0.341 e. The van der Waals surface area contributed by atoms with Crippen LogP contribution in [0.5, 0.6) is 0 Å². The van der Waals surface area contributed by atoms with Crippen LogP contribution in [0.25, 0.3) is 5.65 Å². The summed E-state index contributed by atoms with van der Waals surface area (Å²) in [4.78, 5) is 14.8. The van der Waals surface area contributed by atoms with Crippen molar-refractivity contribution < 1.29 is 9.90 Å². The number of fused-ring (bicyclic) bond motifs is 1. The van der Waals surface area contributed by atoms with Crippen LogP contribution in [-0.2, 0) is 0 Å². The van der Waals surface area contributed by atoms with Crippen molar-refractivity contribution in [2.75, 3.05) is 12.4 Å². The van der Waals surface area contributed by atoms with E-state index in [-0.39, 0.29) is 5.56 Å². The molecule has 0 aliphatic rings. The highest BCUT2D eigenvalue weighted by Gasteiger charge is 2.12. The number of carbonyl (C=O) groups is 1. The molecule has 2 N–H and O–H groups in total. The lowest BCUT2D eigenvalue weighted by atomic mass is 10.3. The van der Waals surface area contributed by atoms with E-state index in [9.17, 15) is 4.79 Å². The number of carboxylic acids is 1. The minimum absolute atomic E-state index is 0.0992. The molecule has 0 fully saturated rings. The number of nitrogens with one attached hydrogen (secondary N) is 1. The van der Waals surface area contributed by atoms with E-state index in [0.717, 1.165) is 0 Å². The third kappa shape index (κ3) is 1.17. The van der Waals surface area contributed by atoms with Crippen LogP contribution in [0.15, 0.2) is 18.5 Å². The van der Waals surface area contributed by atoms with E-state index in [2.05, 4.69) is 15.4 Å². The van der Waals surface area contributed by atoms with Gasteiger partial charge in [-0.2, -0.15) is 5.10 Å². The van der Waals surface area contributed by atoms with E-state index in [4.69, 9.17) is 5.11 Å². The Morgan fingerprint density at radius 3 is 3.07 bits per heavy atom. The van der Waals surface area contributed by atoms with Crippen molar-refractivity contribution in [2.24, 2.45) is 0 Å². The van der Waals surface area contributed by atoms with Crippen molar-refractivity contribution in [1.82, 2.24) is 14.6 Å². The molecular weight excluding hydrogens is 184 g/mol. The van der Waals surface area contributed by atoms with Gasteiger partial charge in [-0.1, -0.05) is 0 Å². The second kappa shape index (κ2) is 2.99. The molecule has 72 valence electrons. The average molecular weight is 192 g/mol. The van der Waals surface area contributed by atoms with Crippen LogP contribution < -0.4 is 5.32 Å². The van der Waals surface area contributed by atoms with Gasteiger partial charge in [-0.05, 0) is 6.07 Å². The second-order valence-corrected chi connectivity index (χ2v) is 2.69. The fourth-order valence-corrected chi connectivity index (χ4v) is 1.16. The van der Waals surface area contributed by atoms with Crippen LogP contribution in [-0.4, -0.2) is 32.7 Å². The van der Waals surface area contributed by atoms with E-state index < -0.39 is 5.97 Å². The zero-order chi connectivity index (χ0) is 10.1. The molecule has 0 amide bonds. The Bertz CT molecular complexity index is 491. The highest BCUT2D eigenvalue weighted by atomic mass is 16.4. The first-order valence-corrected chi connectivity index (χ1v) is 3.98. The SMILES string of the molecule is CNc1ccn2ncc(C(=O)O)c2n1. The Kier molecular flexibility index (Phi) is 1.81. The van der Waals surface area contributed by atoms with E-state index in [1.54, 1.807) is 19.3 Å². The summed E-state index contributed by atoms with van der Waals surface area (Å²) < 4.78 is 1.42. The van der Waals surface area contributed by atoms with Crippen molar-refractivity contribution >= 4 is 17.4 Å². The molecule has 0 spiro atoms. The van der Waals surface area contributed by atoms with E-state index >= 15 is 0 Å². The molecule has 14 heavy (non-hydrogen) atoms. The zero-order valence-corrected chi connectivity index (χ0v) is 7.43. The van der Waals surface area contributed by atoms with Crippen LogP contribution in [0, 0.1) is 0 Å². The number of hydrogen-bond acceptors (Lipinski definition) is 4. The summed E-state index contributed by atoms with van der Waals surface area (Å²) in [5.41, 5.74) is 0.437. The molecule has 2 aromatic rings. The van der Waals surface area contributed by atoms with Gasteiger partial charge in [0.05, 0.1) is 6.20 Å². The minimum atomic E-state index is -1.03. The third-order valence-electron chi connectivity index (χ3n) is 1.86. The molecule has 6 heteroatoms. The molecule has 0 saturated heterocycles. The normalized spacial score (nSPS) is 10.4. The molecule has 0 radical (unpaired) electrons. The molecule has 0 saturated carbocycles. The highest BCUT2D eigenvalue weighted by molar-refractivity contribution is 5.94. The zero-order valence-electron chi connectivity index (χ0n) is 7.43. The quantitative estimate of drug-likeness (QED) is 0.723. The summed E-state index contributed by atoms with van der Waals surface area (Å²) in [6.07, 6.45) is 2.94. The summed E-state index contributed by atoms with van der Waals surface area (Å²) >= 11 is 0. The molecule has 0 unspecified atom stereocenters. The Labute approximate surface area is 79.2 Å². The first kappa shape index (κ1) is 8.49.